The van der Waals surface area contributed by atoms with Crippen LogP contribution in [0.2, 0.25) is 0 Å². The second kappa shape index (κ2) is 5.14. The molecule has 15 heavy (non-hydrogen) atoms. The van der Waals surface area contributed by atoms with Gasteiger partial charge in [-0.05, 0) is 25.5 Å². The first-order chi connectivity index (χ1) is 7.15. The Hall–Kier alpha value is -1.84. The van der Waals surface area contributed by atoms with Crippen LogP contribution >= 0.6 is 0 Å². The summed E-state index contributed by atoms with van der Waals surface area (Å²) >= 11 is 0. The van der Waals surface area contributed by atoms with Crippen molar-refractivity contribution >= 4 is 12.1 Å². The van der Waals surface area contributed by atoms with Gasteiger partial charge in [0.2, 0.25) is 0 Å². The molecule has 0 unspecified atom stereocenters. The summed E-state index contributed by atoms with van der Waals surface area (Å²) in [5.74, 6) is -0.688. The summed E-state index contributed by atoms with van der Waals surface area (Å²) in [4.78, 5) is 22.3. The number of aryl methyl sites for hydroxylation is 1. The van der Waals surface area contributed by atoms with Gasteiger partial charge in [0, 0.05) is 0 Å². The Morgan fingerprint density at radius 2 is 1.93 bits per heavy atom. The first-order valence-electron chi connectivity index (χ1n) is 4.59. The Balaban J connectivity index is 2.70. The highest BCUT2D eigenvalue weighted by Gasteiger charge is 2.14. The van der Waals surface area contributed by atoms with E-state index in [4.69, 9.17) is 0 Å². The third kappa shape index (κ3) is 3.09. The van der Waals surface area contributed by atoms with Crippen molar-refractivity contribution in [2.24, 2.45) is 0 Å². The largest absolute Gasteiger partial charge is 0.516 e. The fourth-order valence-electron chi connectivity index (χ4n) is 1.08. The zero-order chi connectivity index (χ0) is 11.3. The molecule has 4 heteroatoms. The lowest BCUT2D eigenvalue weighted by Crippen LogP contribution is -2.14. The molecule has 0 fully saturated rings. The minimum atomic E-state index is -0.967. The maximum absolute atomic E-state index is 11.4. The normalized spacial score (nSPS) is 9.47. The van der Waals surface area contributed by atoms with Crippen molar-refractivity contribution in [2.45, 2.75) is 13.8 Å². The van der Waals surface area contributed by atoms with Crippen molar-refractivity contribution in [3.05, 3.63) is 35.4 Å². The van der Waals surface area contributed by atoms with Gasteiger partial charge < -0.3 is 9.47 Å². The Bertz CT molecular complexity index is 371. The Morgan fingerprint density at radius 1 is 1.27 bits per heavy atom. The molecule has 1 aromatic carbocycles. The molecule has 4 nitrogen and oxygen atoms in total. The minimum absolute atomic E-state index is 0.180. The highest BCUT2D eigenvalue weighted by molar-refractivity contribution is 5.96. The average molecular weight is 208 g/mol. The summed E-state index contributed by atoms with van der Waals surface area (Å²) in [5.41, 5.74) is 1.12. The third-order valence-corrected chi connectivity index (χ3v) is 1.80. The minimum Gasteiger partial charge on any atom is -0.434 e. The SMILES string of the molecule is CCOC(=O)OC(=O)c1ccccc1C. The van der Waals surface area contributed by atoms with Gasteiger partial charge in [-0.2, -0.15) is 0 Å². The van der Waals surface area contributed by atoms with Gasteiger partial charge in [0.1, 0.15) is 0 Å². The number of benzene rings is 1. The van der Waals surface area contributed by atoms with Crippen molar-refractivity contribution < 1.29 is 19.1 Å². The second-order valence-corrected chi connectivity index (χ2v) is 2.89. The van der Waals surface area contributed by atoms with Crippen LogP contribution in [0.4, 0.5) is 4.79 Å². The van der Waals surface area contributed by atoms with Crippen LogP contribution in [0.1, 0.15) is 22.8 Å². The molecule has 0 heterocycles. The third-order valence-electron chi connectivity index (χ3n) is 1.80. The quantitative estimate of drug-likeness (QED) is 0.552. The maximum Gasteiger partial charge on any atom is 0.516 e. The van der Waals surface area contributed by atoms with Gasteiger partial charge in [-0.3, -0.25) is 0 Å². The number of esters is 1. The molecular formula is C11H12O4. The summed E-state index contributed by atoms with van der Waals surface area (Å²) in [5, 5.41) is 0. The standard InChI is InChI=1S/C11H12O4/c1-3-14-11(13)15-10(12)9-7-5-4-6-8(9)2/h4-7H,3H2,1-2H3. The number of hydrogen-bond acceptors (Lipinski definition) is 4. The summed E-state index contributed by atoms with van der Waals surface area (Å²) in [7, 11) is 0. The van der Waals surface area contributed by atoms with Crippen LogP contribution in [0.15, 0.2) is 24.3 Å². The lowest BCUT2D eigenvalue weighted by molar-refractivity contribution is 0.0401. The first-order valence-corrected chi connectivity index (χ1v) is 4.59. The van der Waals surface area contributed by atoms with Gasteiger partial charge in [-0.15, -0.1) is 0 Å². The van der Waals surface area contributed by atoms with E-state index in [0.29, 0.717) is 5.56 Å². The number of hydrogen-bond donors (Lipinski definition) is 0. The van der Waals surface area contributed by atoms with Crippen LogP contribution in [0, 0.1) is 6.92 Å². The van der Waals surface area contributed by atoms with E-state index in [2.05, 4.69) is 9.47 Å². The van der Waals surface area contributed by atoms with Gasteiger partial charge in [0.25, 0.3) is 0 Å². The van der Waals surface area contributed by atoms with Crippen LogP contribution in [0.5, 0.6) is 0 Å². The number of carbonyl (C=O) groups excluding carboxylic acids is 2. The van der Waals surface area contributed by atoms with Crippen molar-refractivity contribution in [3.63, 3.8) is 0 Å². The Labute approximate surface area is 87.8 Å². The summed E-state index contributed by atoms with van der Waals surface area (Å²) in [6.45, 7) is 3.58. The molecule has 0 aliphatic carbocycles. The van der Waals surface area contributed by atoms with Gasteiger partial charge in [-0.1, -0.05) is 18.2 Å². The van der Waals surface area contributed by atoms with E-state index < -0.39 is 12.1 Å². The molecule has 0 aliphatic rings. The fourth-order valence-corrected chi connectivity index (χ4v) is 1.08. The zero-order valence-electron chi connectivity index (χ0n) is 8.65. The van der Waals surface area contributed by atoms with E-state index >= 15 is 0 Å². The van der Waals surface area contributed by atoms with Gasteiger partial charge in [-0.25, -0.2) is 9.59 Å². The molecule has 0 amide bonds. The molecule has 0 aliphatic heterocycles. The molecule has 0 aromatic heterocycles. The monoisotopic (exact) mass is 208 g/mol. The van der Waals surface area contributed by atoms with E-state index in [1.165, 1.54) is 0 Å². The predicted molar refractivity (Wildman–Crippen MR) is 53.6 cm³/mol. The first kappa shape index (κ1) is 11.2. The van der Waals surface area contributed by atoms with Gasteiger partial charge in [0.05, 0.1) is 12.2 Å². The summed E-state index contributed by atoms with van der Waals surface area (Å²) in [6.07, 6.45) is -0.967. The van der Waals surface area contributed by atoms with Crippen LogP contribution < -0.4 is 0 Å². The molecule has 0 bridgehead atoms. The Kier molecular flexibility index (Phi) is 3.85. The van der Waals surface area contributed by atoms with E-state index in [9.17, 15) is 9.59 Å². The zero-order valence-corrected chi connectivity index (χ0v) is 8.65. The van der Waals surface area contributed by atoms with Gasteiger partial charge in [0.15, 0.2) is 0 Å². The topological polar surface area (TPSA) is 52.6 Å². The number of ether oxygens (including phenoxy) is 2. The molecule has 1 rings (SSSR count). The van der Waals surface area contributed by atoms with Crippen molar-refractivity contribution in [1.82, 2.24) is 0 Å². The molecule has 0 radical (unpaired) electrons. The smallest absolute Gasteiger partial charge is 0.434 e. The molecule has 80 valence electrons. The molecular weight excluding hydrogens is 196 g/mol. The van der Waals surface area contributed by atoms with Crippen LogP contribution in [0.3, 0.4) is 0 Å². The maximum atomic E-state index is 11.4. The van der Waals surface area contributed by atoms with E-state index in [0.717, 1.165) is 5.56 Å². The Morgan fingerprint density at radius 3 is 2.53 bits per heavy atom. The van der Waals surface area contributed by atoms with Crippen LogP contribution in [-0.2, 0) is 9.47 Å². The fraction of sp³-hybridized carbons (Fsp3) is 0.273. The predicted octanol–water partition coefficient (Wildman–Crippen LogP) is 2.31. The molecule has 1 aromatic rings. The van der Waals surface area contributed by atoms with E-state index in [1.54, 1.807) is 38.1 Å². The van der Waals surface area contributed by atoms with Crippen molar-refractivity contribution in [2.75, 3.05) is 6.61 Å². The summed E-state index contributed by atoms with van der Waals surface area (Å²) in [6, 6.07) is 6.86. The van der Waals surface area contributed by atoms with Crippen molar-refractivity contribution in [1.29, 1.82) is 0 Å². The highest BCUT2D eigenvalue weighted by Crippen LogP contribution is 2.08. The average Bonchev–Trinajstić information content (AvgIpc) is 2.18. The molecule has 0 N–H and O–H groups in total. The number of rotatable bonds is 2. The molecule has 0 saturated heterocycles. The molecule has 0 atom stereocenters. The lowest BCUT2D eigenvalue weighted by atomic mass is 10.1. The van der Waals surface area contributed by atoms with Crippen molar-refractivity contribution in [3.8, 4) is 0 Å². The van der Waals surface area contributed by atoms with Crippen LogP contribution in [-0.4, -0.2) is 18.7 Å². The van der Waals surface area contributed by atoms with E-state index in [1.807, 2.05) is 0 Å². The number of carbonyl (C=O) groups is 2. The molecule has 0 spiro atoms. The summed E-state index contributed by atoms with van der Waals surface area (Å²) < 4.78 is 8.95. The van der Waals surface area contributed by atoms with Crippen LogP contribution in [0.25, 0.3) is 0 Å². The van der Waals surface area contributed by atoms with Gasteiger partial charge >= 0.3 is 12.1 Å². The molecule has 0 saturated carbocycles. The second-order valence-electron chi connectivity index (χ2n) is 2.89. The highest BCUT2D eigenvalue weighted by atomic mass is 16.7. The lowest BCUT2D eigenvalue weighted by Gasteiger charge is -2.04. The van der Waals surface area contributed by atoms with E-state index in [-0.39, 0.29) is 6.61 Å².